The minimum atomic E-state index is -0.380. The number of fused-ring (bicyclic) bond motifs is 2. The summed E-state index contributed by atoms with van der Waals surface area (Å²) in [7, 11) is 1.60. The molecule has 0 unspecified atom stereocenters. The Hall–Kier alpha value is -2.90. The summed E-state index contributed by atoms with van der Waals surface area (Å²) in [4.78, 5) is 29.9. The molecule has 0 spiro atoms. The predicted molar refractivity (Wildman–Crippen MR) is 119 cm³/mol. The van der Waals surface area contributed by atoms with Gasteiger partial charge in [0.15, 0.2) is 5.16 Å². The van der Waals surface area contributed by atoms with Crippen LogP contribution in [-0.4, -0.2) is 23.3 Å². The van der Waals surface area contributed by atoms with E-state index in [-0.39, 0.29) is 11.2 Å². The average Bonchev–Trinajstić information content (AvgIpc) is 2.74. The van der Waals surface area contributed by atoms with Gasteiger partial charge < -0.3 is 9.15 Å². The van der Waals surface area contributed by atoms with E-state index in [0.717, 1.165) is 22.1 Å². The van der Waals surface area contributed by atoms with E-state index in [1.54, 1.807) is 17.7 Å². The topological polar surface area (TPSA) is 74.3 Å². The Bertz CT molecular complexity index is 1360. The van der Waals surface area contributed by atoms with Gasteiger partial charge in [0.1, 0.15) is 5.58 Å². The van der Waals surface area contributed by atoms with E-state index >= 15 is 0 Å². The van der Waals surface area contributed by atoms with Crippen molar-refractivity contribution in [3.05, 3.63) is 79.9 Å². The van der Waals surface area contributed by atoms with Crippen molar-refractivity contribution in [2.75, 3.05) is 13.7 Å². The third-order valence-electron chi connectivity index (χ3n) is 5.22. The Labute approximate surface area is 177 Å². The van der Waals surface area contributed by atoms with E-state index in [1.807, 2.05) is 44.2 Å². The fourth-order valence-corrected chi connectivity index (χ4v) is 4.44. The molecule has 0 saturated heterocycles. The summed E-state index contributed by atoms with van der Waals surface area (Å²) in [5, 5.41) is 2.08. The lowest BCUT2D eigenvalue weighted by Gasteiger charge is -2.13. The number of methoxy groups -OCH3 is 1. The first-order chi connectivity index (χ1) is 14.5. The third kappa shape index (κ3) is 3.78. The van der Waals surface area contributed by atoms with Gasteiger partial charge in [-0.05, 0) is 42.7 Å². The average molecular weight is 423 g/mol. The maximum atomic E-state index is 13.0. The van der Waals surface area contributed by atoms with Gasteiger partial charge in [-0.15, -0.1) is 0 Å². The summed E-state index contributed by atoms with van der Waals surface area (Å²) in [6, 6.07) is 12.8. The Morgan fingerprint density at radius 2 is 1.90 bits per heavy atom. The lowest BCUT2D eigenvalue weighted by atomic mass is 10.0. The van der Waals surface area contributed by atoms with Crippen molar-refractivity contribution in [1.82, 2.24) is 9.55 Å². The van der Waals surface area contributed by atoms with Crippen molar-refractivity contribution in [2.45, 2.75) is 31.3 Å². The number of ether oxygens (including phenoxy) is 1. The fourth-order valence-electron chi connectivity index (χ4n) is 3.42. The molecule has 2 heterocycles. The minimum Gasteiger partial charge on any atom is -0.422 e. The first kappa shape index (κ1) is 20.4. The zero-order valence-electron chi connectivity index (χ0n) is 17.1. The zero-order chi connectivity index (χ0) is 21.3. The molecule has 0 atom stereocenters. The molecule has 0 saturated carbocycles. The van der Waals surface area contributed by atoms with E-state index in [2.05, 4.69) is 0 Å². The first-order valence-electron chi connectivity index (χ1n) is 9.64. The number of rotatable bonds is 6. The highest BCUT2D eigenvalue weighted by molar-refractivity contribution is 7.98. The van der Waals surface area contributed by atoms with Gasteiger partial charge in [0, 0.05) is 24.3 Å². The number of benzene rings is 2. The molecule has 0 fully saturated rings. The second-order valence-corrected chi connectivity index (χ2v) is 8.07. The molecule has 0 amide bonds. The number of nitrogens with zero attached hydrogens (tertiary/aromatic N) is 2. The maximum absolute atomic E-state index is 13.0. The Morgan fingerprint density at radius 1 is 1.10 bits per heavy atom. The van der Waals surface area contributed by atoms with Crippen LogP contribution in [0.2, 0.25) is 0 Å². The second kappa shape index (κ2) is 8.45. The lowest BCUT2D eigenvalue weighted by molar-refractivity contribution is 0.183. The molecule has 2 aromatic carbocycles. The van der Waals surface area contributed by atoms with E-state index in [4.69, 9.17) is 14.1 Å². The van der Waals surface area contributed by atoms with Gasteiger partial charge in [0.05, 0.1) is 24.1 Å². The molecule has 0 aliphatic carbocycles. The van der Waals surface area contributed by atoms with Crippen LogP contribution in [0.4, 0.5) is 0 Å². The largest absolute Gasteiger partial charge is 0.422 e. The molecule has 0 aliphatic heterocycles. The summed E-state index contributed by atoms with van der Waals surface area (Å²) >= 11 is 1.43. The Morgan fingerprint density at radius 3 is 2.70 bits per heavy atom. The molecule has 7 heteroatoms. The first-order valence-corrected chi connectivity index (χ1v) is 10.6. The van der Waals surface area contributed by atoms with Gasteiger partial charge in [-0.25, -0.2) is 9.78 Å². The molecule has 0 aliphatic rings. The molecule has 30 heavy (non-hydrogen) atoms. The number of hydrogen-bond acceptors (Lipinski definition) is 6. The van der Waals surface area contributed by atoms with E-state index in [1.165, 1.54) is 17.8 Å². The van der Waals surface area contributed by atoms with Crippen LogP contribution in [0.5, 0.6) is 0 Å². The molecular formula is C23H22N2O4S. The van der Waals surface area contributed by atoms with Gasteiger partial charge in [-0.3, -0.25) is 9.36 Å². The number of para-hydroxylation sites is 1. The van der Waals surface area contributed by atoms with E-state index < -0.39 is 0 Å². The van der Waals surface area contributed by atoms with Crippen LogP contribution >= 0.6 is 11.8 Å². The highest BCUT2D eigenvalue weighted by atomic mass is 32.2. The number of aryl methyl sites for hydroxylation is 2. The van der Waals surface area contributed by atoms with Crippen molar-refractivity contribution in [2.24, 2.45) is 0 Å². The standard InChI is InChI=1S/C23H22N2O4S/c1-14-8-9-17-16(12-20(26)29-21(17)15(14)2)13-30-23-24-19-7-5-4-6-18(19)22(27)25(23)10-11-28-3/h4-9,12H,10-11,13H2,1-3H3. The van der Waals surface area contributed by atoms with Crippen LogP contribution < -0.4 is 11.2 Å². The second-order valence-electron chi connectivity index (χ2n) is 7.12. The maximum Gasteiger partial charge on any atom is 0.336 e. The molecule has 154 valence electrons. The molecule has 0 N–H and O–H groups in total. The minimum absolute atomic E-state index is 0.0935. The van der Waals surface area contributed by atoms with Crippen molar-refractivity contribution in [1.29, 1.82) is 0 Å². The number of aromatic nitrogens is 2. The van der Waals surface area contributed by atoms with Crippen molar-refractivity contribution in [3.63, 3.8) is 0 Å². The summed E-state index contributed by atoms with van der Waals surface area (Å²) in [6.07, 6.45) is 0. The van der Waals surface area contributed by atoms with Crippen LogP contribution in [0.25, 0.3) is 21.9 Å². The molecule has 0 radical (unpaired) electrons. The monoisotopic (exact) mass is 422 g/mol. The molecule has 4 aromatic rings. The number of hydrogen-bond donors (Lipinski definition) is 0. The zero-order valence-corrected chi connectivity index (χ0v) is 17.9. The van der Waals surface area contributed by atoms with Gasteiger partial charge in [-0.1, -0.05) is 36.0 Å². The Balaban J connectivity index is 1.78. The number of thioether (sulfide) groups is 1. The van der Waals surface area contributed by atoms with Gasteiger partial charge >= 0.3 is 5.63 Å². The summed E-state index contributed by atoms with van der Waals surface area (Å²) in [5.74, 6) is 0.488. The SMILES string of the molecule is COCCn1c(SCc2cc(=O)oc3c(C)c(C)ccc23)nc2ccccc2c1=O. The molecule has 4 rings (SSSR count). The molecule has 2 aromatic heterocycles. The summed E-state index contributed by atoms with van der Waals surface area (Å²) in [5.41, 5.74) is 3.68. The highest BCUT2D eigenvalue weighted by Crippen LogP contribution is 2.28. The third-order valence-corrected chi connectivity index (χ3v) is 6.25. The van der Waals surface area contributed by atoms with Crippen molar-refractivity contribution >= 4 is 33.6 Å². The van der Waals surface area contributed by atoms with Crippen LogP contribution in [0.1, 0.15) is 16.7 Å². The smallest absolute Gasteiger partial charge is 0.336 e. The van der Waals surface area contributed by atoms with Gasteiger partial charge in [-0.2, -0.15) is 0 Å². The highest BCUT2D eigenvalue weighted by Gasteiger charge is 2.14. The van der Waals surface area contributed by atoms with E-state index in [0.29, 0.717) is 40.5 Å². The fraction of sp³-hybridized carbons (Fsp3) is 0.261. The van der Waals surface area contributed by atoms with E-state index in [9.17, 15) is 9.59 Å². The van der Waals surface area contributed by atoms with Crippen LogP contribution in [-0.2, 0) is 17.0 Å². The molecular weight excluding hydrogens is 400 g/mol. The van der Waals surface area contributed by atoms with Gasteiger partial charge in [0.2, 0.25) is 0 Å². The van der Waals surface area contributed by atoms with Crippen molar-refractivity contribution < 1.29 is 9.15 Å². The molecule has 6 nitrogen and oxygen atoms in total. The lowest BCUT2D eigenvalue weighted by Crippen LogP contribution is -2.25. The summed E-state index contributed by atoms with van der Waals surface area (Å²) < 4.78 is 12.3. The molecule has 0 bridgehead atoms. The normalized spacial score (nSPS) is 11.4. The van der Waals surface area contributed by atoms with Crippen LogP contribution in [0.3, 0.4) is 0 Å². The van der Waals surface area contributed by atoms with Crippen LogP contribution in [0, 0.1) is 13.8 Å². The predicted octanol–water partition coefficient (Wildman–Crippen LogP) is 4.06. The van der Waals surface area contributed by atoms with Crippen LogP contribution in [0.15, 0.2) is 61.6 Å². The summed E-state index contributed by atoms with van der Waals surface area (Å²) in [6.45, 7) is 4.75. The van der Waals surface area contributed by atoms with Gasteiger partial charge in [0.25, 0.3) is 5.56 Å². The quantitative estimate of drug-likeness (QED) is 0.265. The van der Waals surface area contributed by atoms with Crippen molar-refractivity contribution in [3.8, 4) is 0 Å². The Kier molecular flexibility index (Phi) is 5.74.